The predicted molar refractivity (Wildman–Crippen MR) is 103 cm³/mol. The normalized spacial score (nSPS) is 11.2. The van der Waals surface area contributed by atoms with Crippen LogP contribution in [0.4, 0.5) is 5.69 Å². The zero-order valence-electron chi connectivity index (χ0n) is 13.9. The first kappa shape index (κ1) is 17.8. The number of carbonyl (C=O) groups excluding carboxylic acids is 1. The average Bonchev–Trinajstić information content (AvgIpc) is 2.46. The van der Waals surface area contributed by atoms with Crippen molar-refractivity contribution in [3.8, 4) is 5.75 Å². The van der Waals surface area contributed by atoms with Crippen LogP contribution >= 0.6 is 22.6 Å². The lowest BCUT2D eigenvalue weighted by Gasteiger charge is -2.23. The molecule has 0 bridgehead atoms. The Morgan fingerprint density at radius 2 is 1.78 bits per heavy atom. The molecule has 0 fully saturated rings. The fourth-order valence-electron chi connectivity index (χ4n) is 2.24. The number of aryl methyl sites for hydroxylation is 1. The maximum Gasteiger partial charge on any atom is 0.262 e. The minimum Gasteiger partial charge on any atom is -0.483 e. The number of hydrogen-bond acceptors (Lipinski definition) is 2. The van der Waals surface area contributed by atoms with Crippen molar-refractivity contribution in [2.24, 2.45) is 0 Å². The summed E-state index contributed by atoms with van der Waals surface area (Å²) in [5, 5.41) is 2.84. The van der Waals surface area contributed by atoms with Crippen molar-refractivity contribution >= 4 is 34.2 Å². The molecule has 0 heterocycles. The molecule has 0 aliphatic rings. The van der Waals surface area contributed by atoms with E-state index in [2.05, 4.69) is 60.8 Å². The molecule has 3 nitrogen and oxygen atoms in total. The van der Waals surface area contributed by atoms with Crippen LogP contribution in [0.1, 0.15) is 31.9 Å². The molecule has 0 radical (unpaired) electrons. The Balaban J connectivity index is 2.04. The van der Waals surface area contributed by atoms with Gasteiger partial charge in [0.05, 0.1) is 0 Å². The van der Waals surface area contributed by atoms with E-state index < -0.39 is 0 Å². The number of anilines is 1. The third-order valence-corrected chi connectivity index (χ3v) is 4.15. The summed E-state index contributed by atoms with van der Waals surface area (Å²) in [6, 6.07) is 13.8. The van der Waals surface area contributed by atoms with Crippen molar-refractivity contribution in [1.82, 2.24) is 0 Å². The van der Waals surface area contributed by atoms with E-state index in [-0.39, 0.29) is 17.9 Å². The third-order valence-electron chi connectivity index (χ3n) is 3.43. The van der Waals surface area contributed by atoms with Gasteiger partial charge in [-0.2, -0.15) is 0 Å². The second-order valence-electron chi connectivity index (χ2n) is 6.59. The average molecular weight is 423 g/mol. The van der Waals surface area contributed by atoms with Crippen LogP contribution in [0.15, 0.2) is 42.5 Å². The molecular formula is C19H22INO2. The molecule has 0 unspecified atom stereocenters. The lowest BCUT2D eigenvalue weighted by molar-refractivity contribution is -0.118. The number of ether oxygens (including phenoxy) is 1. The number of nitrogens with one attached hydrogen (secondary N) is 1. The zero-order chi connectivity index (χ0) is 17.0. The summed E-state index contributed by atoms with van der Waals surface area (Å²) in [6.45, 7) is 8.42. The van der Waals surface area contributed by atoms with E-state index in [0.29, 0.717) is 0 Å². The summed E-state index contributed by atoms with van der Waals surface area (Å²) in [5.41, 5.74) is 2.96. The second kappa shape index (κ2) is 7.34. The maximum atomic E-state index is 12.1. The summed E-state index contributed by atoms with van der Waals surface area (Å²) >= 11 is 2.23. The molecule has 0 saturated carbocycles. The van der Waals surface area contributed by atoms with E-state index in [9.17, 15) is 4.79 Å². The van der Waals surface area contributed by atoms with Gasteiger partial charge in [0, 0.05) is 9.26 Å². The van der Waals surface area contributed by atoms with Crippen molar-refractivity contribution in [3.63, 3.8) is 0 Å². The third kappa shape index (κ3) is 5.23. The van der Waals surface area contributed by atoms with Crippen LogP contribution in [-0.2, 0) is 10.2 Å². The van der Waals surface area contributed by atoms with E-state index in [0.717, 1.165) is 26.1 Å². The largest absolute Gasteiger partial charge is 0.483 e. The fourth-order valence-corrected chi connectivity index (χ4v) is 2.60. The van der Waals surface area contributed by atoms with Gasteiger partial charge in [-0.25, -0.2) is 0 Å². The maximum absolute atomic E-state index is 12.1. The first-order valence-electron chi connectivity index (χ1n) is 7.55. The molecule has 0 saturated heterocycles. The molecular weight excluding hydrogens is 401 g/mol. The molecule has 2 aromatic rings. The summed E-state index contributed by atoms with van der Waals surface area (Å²) < 4.78 is 6.92. The highest BCUT2D eigenvalue weighted by Gasteiger charge is 2.19. The quantitative estimate of drug-likeness (QED) is 0.710. The molecule has 23 heavy (non-hydrogen) atoms. The Bertz CT molecular complexity index is 688. The van der Waals surface area contributed by atoms with E-state index in [1.54, 1.807) is 0 Å². The lowest BCUT2D eigenvalue weighted by atomic mass is 9.86. The Morgan fingerprint density at radius 1 is 1.13 bits per heavy atom. The van der Waals surface area contributed by atoms with Gasteiger partial charge < -0.3 is 10.1 Å². The number of halogens is 1. The van der Waals surface area contributed by atoms with Crippen LogP contribution in [0.3, 0.4) is 0 Å². The van der Waals surface area contributed by atoms with Gasteiger partial charge in [0.1, 0.15) is 5.75 Å². The van der Waals surface area contributed by atoms with Gasteiger partial charge in [0.2, 0.25) is 0 Å². The van der Waals surface area contributed by atoms with Crippen LogP contribution in [0.25, 0.3) is 0 Å². The molecule has 122 valence electrons. The number of benzene rings is 2. The number of rotatable bonds is 4. The molecule has 0 aromatic heterocycles. The van der Waals surface area contributed by atoms with Gasteiger partial charge in [0.15, 0.2) is 6.61 Å². The van der Waals surface area contributed by atoms with Crippen LogP contribution < -0.4 is 10.1 Å². The van der Waals surface area contributed by atoms with Gasteiger partial charge >= 0.3 is 0 Å². The van der Waals surface area contributed by atoms with Crippen molar-refractivity contribution in [2.45, 2.75) is 33.1 Å². The molecule has 2 aromatic carbocycles. The Kier molecular flexibility index (Phi) is 5.68. The minimum absolute atomic E-state index is 0.00147. The highest BCUT2D eigenvalue weighted by molar-refractivity contribution is 14.1. The van der Waals surface area contributed by atoms with E-state index in [4.69, 9.17) is 4.74 Å². The molecule has 0 aliphatic heterocycles. The Morgan fingerprint density at radius 3 is 2.39 bits per heavy atom. The summed E-state index contributed by atoms with van der Waals surface area (Å²) in [7, 11) is 0. The predicted octanol–water partition coefficient (Wildman–Crippen LogP) is 4.91. The van der Waals surface area contributed by atoms with Gasteiger partial charge in [-0.05, 0) is 76.4 Å². The SMILES string of the molecule is Cc1ccc(C(C)(C)C)c(OCC(=O)Nc2ccc(I)cc2)c1. The van der Waals surface area contributed by atoms with Crippen molar-refractivity contribution < 1.29 is 9.53 Å². The molecule has 0 spiro atoms. The first-order valence-corrected chi connectivity index (χ1v) is 8.63. The highest BCUT2D eigenvalue weighted by Crippen LogP contribution is 2.32. The summed E-state index contributed by atoms with van der Waals surface area (Å²) in [6.07, 6.45) is 0. The van der Waals surface area contributed by atoms with Crippen molar-refractivity contribution in [3.05, 3.63) is 57.2 Å². The topological polar surface area (TPSA) is 38.3 Å². The molecule has 1 N–H and O–H groups in total. The Labute approximate surface area is 151 Å². The van der Waals surface area contributed by atoms with Gasteiger partial charge in [-0.3, -0.25) is 4.79 Å². The van der Waals surface area contributed by atoms with Gasteiger partial charge in [-0.1, -0.05) is 32.9 Å². The van der Waals surface area contributed by atoms with Crippen LogP contribution in [-0.4, -0.2) is 12.5 Å². The lowest BCUT2D eigenvalue weighted by Crippen LogP contribution is -2.22. The van der Waals surface area contributed by atoms with Crippen LogP contribution in [0.5, 0.6) is 5.75 Å². The zero-order valence-corrected chi connectivity index (χ0v) is 16.1. The van der Waals surface area contributed by atoms with Crippen molar-refractivity contribution in [2.75, 3.05) is 11.9 Å². The first-order chi connectivity index (χ1) is 10.8. The minimum atomic E-state index is -0.160. The molecule has 2 rings (SSSR count). The number of amides is 1. The monoisotopic (exact) mass is 423 g/mol. The van der Waals surface area contributed by atoms with Gasteiger partial charge in [0.25, 0.3) is 5.91 Å². The van der Waals surface area contributed by atoms with Gasteiger partial charge in [-0.15, -0.1) is 0 Å². The van der Waals surface area contributed by atoms with E-state index in [1.807, 2.05) is 37.3 Å². The van der Waals surface area contributed by atoms with E-state index in [1.165, 1.54) is 0 Å². The molecule has 4 heteroatoms. The second-order valence-corrected chi connectivity index (χ2v) is 7.84. The highest BCUT2D eigenvalue weighted by atomic mass is 127. The standard InChI is InChI=1S/C19H22INO2/c1-13-5-10-16(19(2,3)4)17(11-13)23-12-18(22)21-15-8-6-14(20)7-9-15/h5-11H,12H2,1-4H3,(H,21,22). The smallest absolute Gasteiger partial charge is 0.262 e. The Hall–Kier alpha value is -1.56. The van der Waals surface area contributed by atoms with E-state index >= 15 is 0 Å². The fraction of sp³-hybridized carbons (Fsp3) is 0.316. The molecule has 0 aliphatic carbocycles. The van der Waals surface area contributed by atoms with Crippen molar-refractivity contribution in [1.29, 1.82) is 0 Å². The molecule has 0 atom stereocenters. The van der Waals surface area contributed by atoms with Crippen LogP contribution in [0, 0.1) is 10.5 Å². The summed E-state index contributed by atoms with van der Waals surface area (Å²) in [4.78, 5) is 12.1. The van der Waals surface area contributed by atoms with Crippen LogP contribution in [0.2, 0.25) is 0 Å². The number of carbonyl (C=O) groups is 1. The summed E-state index contributed by atoms with van der Waals surface area (Å²) in [5.74, 6) is 0.614. The molecule has 1 amide bonds. The number of hydrogen-bond donors (Lipinski definition) is 1.